The third kappa shape index (κ3) is 3.77. The van der Waals surface area contributed by atoms with Gasteiger partial charge in [-0.3, -0.25) is 4.79 Å². The molecule has 1 aromatic heterocycles. The number of halogens is 1. The number of nitrogens with one attached hydrogen (secondary N) is 2. The summed E-state index contributed by atoms with van der Waals surface area (Å²) in [6, 6.07) is 1.03. The molecule has 8 heteroatoms. The van der Waals surface area contributed by atoms with Crippen molar-refractivity contribution in [3.8, 4) is 0 Å². The second-order valence-electron chi connectivity index (χ2n) is 4.65. The molecule has 1 amide bonds. The van der Waals surface area contributed by atoms with Gasteiger partial charge in [0.05, 0.1) is 9.83 Å². The molecule has 1 heterocycles. The zero-order chi connectivity index (χ0) is 14.2. The zero-order valence-electron chi connectivity index (χ0n) is 10.6. The highest BCUT2D eigenvalue weighted by Gasteiger charge is 2.28. The van der Waals surface area contributed by atoms with Crippen LogP contribution < -0.4 is 10.0 Å². The summed E-state index contributed by atoms with van der Waals surface area (Å²) in [6.07, 6.45) is 1.95. The van der Waals surface area contributed by atoms with Crippen molar-refractivity contribution < 1.29 is 13.2 Å². The molecule has 0 bridgehead atoms. The van der Waals surface area contributed by atoms with E-state index in [-0.39, 0.29) is 16.2 Å². The maximum absolute atomic E-state index is 12.1. The number of hydrogen-bond acceptors (Lipinski definition) is 4. The smallest absolute Gasteiger partial charge is 0.250 e. The first-order valence-corrected chi connectivity index (χ1v) is 8.97. The average Bonchev–Trinajstić information content (AvgIpc) is 3.04. The van der Waals surface area contributed by atoms with E-state index in [0.717, 1.165) is 33.5 Å². The van der Waals surface area contributed by atoms with Gasteiger partial charge in [-0.05, 0) is 54.2 Å². The van der Waals surface area contributed by atoms with E-state index in [2.05, 4.69) is 26.0 Å². The first kappa shape index (κ1) is 15.0. The lowest BCUT2D eigenvalue weighted by Gasteiger charge is -2.13. The number of thiophene rings is 1. The molecule has 1 saturated carbocycles. The molecule has 5 nitrogen and oxygen atoms in total. The van der Waals surface area contributed by atoms with Crippen molar-refractivity contribution in [2.24, 2.45) is 0 Å². The topological polar surface area (TPSA) is 75.3 Å². The summed E-state index contributed by atoms with van der Waals surface area (Å²) in [7, 11) is -3.64. The van der Waals surface area contributed by atoms with Crippen molar-refractivity contribution in [2.45, 2.75) is 43.0 Å². The summed E-state index contributed by atoms with van der Waals surface area (Å²) in [5.74, 6) is -0.279. The molecule has 0 aromatic carbocycles. The number of amides is 1. The zero-order valence-corrected chi connectivity index (χ0v) is 13.8. The van der Waals surface area contributed by atoms with E-state index in [1.807, 2.05) is 6.92 Å². The Balaban J connectivity index is 2.05. The van der Waals surface area contributed by atoms with Crippen molar-refractivity contribution in [1.29, 1.82) is 0 Å². The molecule has 106 valence electrons. The quantitative estimate of drug-likeness (QED) is 0.833. The molecule has 1 fully saturated rings. The monoisotopic (exact) mass is 366 g/mol. The molecule has 2 rings (SSSR count). The van der Waals surface area contributed by atoms with E-state index in [1.165, 1.54) is 0 Å². The first-order chi connectivity index (χ1) is 8.79. The highest BCUT2D eigenvalue weighted by molar-refractivity contribution is 9.11. The molecule has 1 aromatic rings. The molecule has 1 aliphatic rings. The number of hydrogen-bond donors (Lipinski definition) is 2. The van der Waals surface area contributed by atoms with Crippen molar-refractivity contribution in [2.75, 3.05) is 0 Å². The molecule has 1 atom stereocenters. The summed E-state index contributed by atoms with van der Waals surface area (Å²) in [4.78, 5) is 11.7. The van der Waals surface area contributed by atoms with Gasteiger partial charge in [-0.25, -0.2) is 8.42 Å². The lowest BCUT2D eigenvalue weighted by atomic mass is 10.3. The van der Waals surface area contributed by atoms with Gasteiger partial charge in [-0.2, -0.15) is 4.72 Å². The Morgan fingerprint density at radius 1 is 1.53 bits per heavy atom. The molecule has 1 unspecified atom stereocenters. The lowest BCUT2D eigenvalue weighted by Crippen LogP contribution is -2.45. The van der Waals surface area contributed by atoms with Crippen LogP contribution in [0.2, 0.25) is 0 Å². The van der Waals surface area contributed by atoms with Crippen LogP contribution in [0.25, 0.3) is 0 Å². The van der Waals surface area contributed by atoms with Gasteiger partial charge in [0.15, 0.2) is 0 Å². The first-order valence-electron chi connectivity index (χ1n) is 5.88. The molecular weight excluding hydrogens is 352 g/mol. The Hall–Kier alpha value is -0.440. The Kier molecular flexibility index (Phi) is 4.34. The van der Waals surface area contributed by atoms with Crippen LogP contribution in [0.3, 0.4) is 0 Å². The molecular formula is C11H15BrN2O3S2. The SMILES string of the molecule is Cc1cc(S(=O)(=O)NC(C)C(=O)NC2CC2)sc1Br. The van der Waals surface area contributed by atoms with Crippen LogP contribution in [0.1, 0.15) is 25.3 Å². The van der Waals surface area contributed by atoms with Gasteiger partial charge in [-0.1, -0.05) is 0 Å². The van der Waals surface area contributed by atoms with Crippen LogP contribution in [0, 0.1) is 6.92 Å². The predicted octanol–water partition coefficient (Wildman–Crippen LogP) is 1.76. The highest BCUT2D eigenvalue weighted by atomic mass is 79.9. The third-order valence-corrected chi connectivity index (χ3v) is 6.90. The van der Waals surface area contributed by atoms with Gasteiger partial charge in [-0.15, -0.1) is 11.3 Å². The number of rotatable bonds is 5. The maximum Gasteiger partial charge on any atom is 0.250 e. The van der Waals surface area contributed by atoms with E-state index in [4.69, 9.17) is 0 Å². The van der Waals surface area contributed by atoms with Crippen LogP contribution in [-0.4, -0.2) is 26.4 Å². The maximum atomic E-state index is 12.1. The molecule has 0 saturated heterocycles. The lowest BCUT2D eigenvalue weighted by molar-refractivity contribution is -0.122. The molecule has 0 radical (unpaired) electrons. The Morgan fingerprint density at radius 2 is 2.16 bits per heavy atom. The number of carbonyl (C=O) groups is 1. The van der Waals surface area contributed by atoms with Crippen LogP contribution in [0.5, 0.6) is 0 Å². The fourth-order valence-electron chi connectivity index (χ4n) is 1.46. The molecule has 0 spiro atoms. The van der Waals surface area contributed by atoms with E-state index in [9.17, 15) is 13.2 Å². The van der Waals surface area contributed by atoms with E-state index < -0.39 is 16.1 Å². The Labute approximate surface area is 125 Å². The molecule has 2 N–H and O–H groups in total. The minimum atomic E-state index is -3.64. The van der Waals surface area contributed by atoms with Crippen molar-refractivity contribution >= 4 is 43.2 Å². The van der Waals surface area contributed by atoms with Gasteiger partial charge in [0.2, 0.25) is 5.91 Å². The second-order valence-corrected chi connectivity index (χ2v) is 8.96. The summed E-state index contributed by atoms with van der Waals surface area (Å²) >= 11 is 4.43. The van der Waals surface area contributed by atoms with Crippen molar-refractivity contribution in [3.63, 3.8) is 0 Å². The summed E-state index contributed by atoms with van der Waals surface area (Å²) < 4.78 is 27.6. The van der Waals surface area contributed by atoms with Gasteiger partial charge in [0, 0.05) is 6.04 Å². The fraction of sp³-hybridized carbons (Fsp3) is 0.545. The number of aryl methyl sites for hydroxylation is 1. The van der Waals surface area contributed by atoms with Gasteiger partial charge in [0.25, 0.3) is 10.0 Å². The van der Waals surface area contributed by atoms with Gasteiger partial charge in [0.1, 0.15) is 4.21 Å². The standard InChI is InChI=1S/C11H15BrN2O3S2/c1-6-5-9(18-10(6)12)19(16,17)14-7(2)11(15)13-8-3-4-8/h5,7-8,14H,3-4H2,1-2H3,(H,13,15). The van der Waals surface area contributed by atoms with Crippen LogP contribution in [0.15, 0.2) is 14.1 Å². The fourth-order valence-corrected chi connectivity index (χ4v) is 4.91. The van der Waals surface area contributed by atoms with Gasteiger partial charge < -0.3 is 5.32 Å². The van der Waals surface area contributed by atoms with Crippen molar-refractivity contribution in [1.82, 2.24) is 10.0 Å². The second kappa shape index (κ2) is 5.51. The minimum absolute atomic E-state index is 0.211. The molecule has 0 aliphatic heterocycles. The largest absolute Gasteiger partial charge is 0.352 e. The highest BCUT2D eigenvalue weighted by Crippen LogP contribution is 2.30. The summed E-state index contributed by atoms with van der Waals surface area (Å²) in [5, 5.41) is 2.77. The van der Waals surface area contributed by atoms with Crippen LogP contribution in [0.4, 0.5) is 0 Å². The third-order valence-electron chi connectivity index (χ3n) is 2.75. The van der Waals surface area contributed by atoms with E-state index >= 15 is 0 Å². The van der Waals surface area contributed by atoms with Crippen LogP contribution >= 0.6 is 27.3 Å². The summed E-state index contributed by atoms with van der Waals surface area (Å²) in [6.45, 7) is 3.37. The normalized spacial score (nSPS) is 17.2. The van der Waals surface area contributed by atoms with E-state index in [1.54, 1.807) is 13.0 Å². The van der Waals surface area contributed by atoms with Gasteiger partial charge >= 0.3 is 0 Å². The van der Waals surface area contributed by atoms with E-state index in [0.29, 0.717) is 0 Å². The Morgan fingerprint density at radius 3 is 2.63 bits per heavy atom. The summed E-state index contributed by atoms with van der Waals surface area (Å²) in [5.41, 5.74) is 0.862. The minimum Gasteiger partial charge on any atom is -0.352 e. The van der Waals surface area contributed by atoms with Crippen LogP contribution in [-0.2, 0) is 14.8 Å². The number of sulfonamides is 1. The number of carbonyl (C=O) groups excluding carboxylic acids is 1. The van der Waals surface area contributed by atoms with Crippen molar-refractivity contribution in [3.05, 3.63) is 15.4 Å². The molecule has 1 aliphatic carbocycles. The molecule has 19 heavy (non-hydrogen) atoms. The average molecular weight is 367 g/mol. The predicted molar refractivity (Wildman–Crippen MR) is 77.7 cm³/mol. The Bertz CT molecular complexity index is 574.